The van der Waals surface area contributed by atoms with E-state index in [1.807, 2.05) is 11.0 Å². The van der Waals surface area contributed by atoms with Crippen LogP contribution < -0.4 is 4.90 Å². The van der Waals surface area contributed by atoms with Crippen LogP contribution in [0.2, 0.25) is 0 Å². The van der Waals surface area contributed by atoms with Crippen molar-refractivity contribution in [3.05, 3.63) is 32.6 Å². The van der Waals surface area contributed by atoms with E-state index < -0.39 is 0 Å². The molecule has 5 heteroatoms. The number of aryl methyl sites for hydroxylation is 1. The Morgan fingerprint density at radius 1 is 1.50 bits per heavy atom. The van der Waals surface area contributed by atoms with Crippen LogP contribution in [-0.2, 0) is 11.2 Å². The number of fused-ring (bicyclic) bond motifs is 1. The molecule has 0 spiro atoms. The topological polar surface area (TPSA) is 36.1 Å². The zero-order valence-corrected chi connectivity index (χ0v) is 13.3. The first-order valence-corrected chi connectivity index (χ1v) is 7.82. The summed E-state index contributed by atoms with van der Waals surface area (Å²) in [6.07, 6.45) is 0.909. The average Bonchev–Trinajstić information content (AvgIpc) is 2.86. The number of aromatic nitrogens is 1. The molecule has 3 rings (SSSR count). The Morgan fingerprint density at radius 2 is 2.25 bits per heavy atom. The van der Waals surface area contributed by atoms with E-state index in [1.54, 1.807) is 18.3 Å². The fourth-order valence-electron chi connectivity index (χ4n) is 2.95. The summed E-state index contributed by atoms with van der Waals surface area (Å²) in [6, 6.07) is 6.52. The molecule has 2 heterocycles. The highest BCUT2D eigenvalue weighted by molar-refractivity contribution is 7.73. The van der Waals surface area contributed by atoms with Gasteiger partial charge in [-0.05, 0) is 55.7 Å². The molecule has 104 valence electrons. The van der Waals surface area contributed by atoms with Gasteiger partial charge in [0.25, 0.3) is 0 Å². The van der Waals surface area contributed by atoms with Crippen LogP contribution in [0.3, 0.4) is 0 Å². The van der Waals surface area contributed by atoms with Crippen molar-refractivity contribution in [2.75, 3.05) is 4.90 Å². The molecule has 0 saturated heterocycles. The highest BCUT2D eigenvalue weighted by atomic mass is 32.1. The van der Waals surface area contributed by atoms with E-state index in [0.717, 1.165) is 27.3 Å². The maximum Gasteiger partial charge on any atom is 0.224 e. The molecule has 1 aromatic heterocycles. The second-order valence-corrected chi connectivity index (χ2v) is 7.12. The number of nitrogens with zero attached hydrogens (tertiary/aromatic N) is 1. The first-order chi connectivity index (χ1) is 9.47. The Hall–Kier alpha value is -1.46. The van der Waals surface area contributed by atoms with Gasteiger partial charge in [0.05, 0.1) is 5.69 Å². The fourth-order valence-corrected chi connectivity index (χ4v) is 4.13. The van der Waals surface area contributed by atoms with Crippen LogP contribution >= 0.6 is 23.6 Å². The summed E-state index contributed by atoms with van der Waals surface area (Å²) in [6.45, 7) is 5.79. The normalized spacial score (nSPS) is 17.4. The number of hydrogen-bond acceptors (Lipinski definition) is 3. The van der Waals surface area contributed by atoms with Crippen molar-refractivity contribution >= 4 is 35.1 Å². The summed E-state index contributed by atoms with van der Waals surface area (Å²) in [5.74, 6) is 0.107. The molecule has 1 aromatic carbocycles. The molecule has 0 saturated carbocycles. The number of carbonyl (C=O) groups excluding carboxylic acids is 1. The number of aromatic amines is 1. The molecule has 1 aliphatic rings. The molecule has 1 aliphatic heterocycles. The van der Waals surface area contributed by atoms with Gasteiger partial charge in [-0.2, -0.15) is 0 Å². The number of H-pyrrole nitrogens is 1. The average molecular weight is 304 g/mol. The number of amides is 1. The van der Waals surface area contributed by atoms with Crippen LogP contribution in [0.1, 0.15) is 24.3 Å². The van der Waals surface area contributed by atoms with Crippen molar-refractivity contribution in [2.24, 2.45) is 0 Å². The van der Waals surface area contributed by atoms with Crippen LogP contribution in [0.5, 0.6) is 0 Å². The van der Waals surface area contributed by atoms with E-state index in [9.17, 15) is 4.79 Å². The molecule has 1 atom stereocenters. The molecule has 0 fully saturated rings. The van der Waals surface area contributed by atoms with E-state index in [0.29, 0.717) is 0 Å². The Kier molecular flexibility index (Phi) is 3.26. The first kappa shape index (κ1) is 13.5. The van der Waals surface area contributed by atoms with E-state index in [2.05, 4.69) is 31.0 Å². The summed E-state index contributed by atoms with van der Waals surface area (Å²) in [4.78, 5) is 18.1. The number of nitrogens with one attached hydrogen (secondary N) is 1. The van der Waals surface area contributed by atoms with Gasteiger partial charge in [-0.25, -0.2) is 0 Å². The largest absolute Gasteiger partial charge is 0.337 e. The number of carbonyl (C=O) groups is 1. The lowest BCUT2D eigenvalue weighted by molar-refractivity contribution is -0.116. The van der Waals surface area contributed by atoms with Crippen LogP contribution in [-0.4, -0.2) is 16.9 Å². The van der Waals surface area contributed by atoms with Gasteiger partial charge in [-0.1, -0.05) is 6.07 Å². The summed E-state index contributed by atoms with van der Waals surface area (Å²) in [7, 11) is 0. The third-order valence-electron chi connectivity index (χ3n) is 3.75. The molecule has 1 unspecified atom stereocenters. The molecular weight excluding hydrogens is 288 g/mol. The predicted molar refractivity (Wildman–Crippen MR) is 86.0 cm³/mol. The van der Waals surface area contributed by atoms with E-state index in [1.165, 1.54) is 10.4 Å². The van der Waals surface area contributed by atoms with Crippen molar-refractivity contribution < 1.29 is 4.79 Å². The van der Waals surface area contributed by atoms with Crippen molar-refractivity contribution in [3.63, 3.8) is 0 Å². The van der Waals surface area contributed by atoms with E-state index in [-0.39, 0.29) is 11.9 Å². The summed E-state index contributed by atoms with van der Waals surface area (Å²) in [5, 5.41) is 0. The third-order valence-corrected chi connectivity index (χ3v) is 4.90. The summed E-state index contributed by atoms with van der Waals surface area (Å²) < 4.78 is 0.803. The van der Waals surface area contributed by atoms with Crippen LogP contribution in [0.25, 0.3) is 11.3 Å². The molecule has 1 amide bonds. The smallest absolute Gasteiger partial charge is 0.224 e. The quantitative estimate of drug-likeness (QED) is 0.806. The molecule has 20 heavy (non-hydrogen) atoms. The zero-order chi connectivity index (χ0) is 14.4. The molecular formula is C15H16N2OS2. The molecule has 0 aliphatic carbocycles. The highest BCUT2D eigenvalue weighted by Crippen LogP contribution is 2.36. The fraction of sp³-hybridized carbons (Fsp3) is 0.333. The number of anilines is 1. The molecule has 1 N–H and O–H groups in total. The van der Waals surface area contributed by atoms with E-state index in [4.69, 9.17) is 12.2 Å². The third kappa shape index (κ3) is 2.11. The molecule has 3 nitrogen and oxygen atoms in total. The minimum Gasteiger partial charge on any atom is -0.337 e. The first-order valence-electron chi connectivity index (χ1n) is 6.60. The zero-order valence-electron chi connectivity index (χ0n) is 11.7. The molecule has 0 radical (unpaired) electrons. The lowest BCUT2D eigenvalue weighted by Gasteiger charge is -2.20. The Bertz CT molecular complexity index is 745. The Labute approximate surface area is 127 Å². The van der Waals surface area contributed by atoms with Gasteiger partial charge in [0, 0.05) is 23.5 Å². The number of thiazole rings is 1. The van der Waals surface area contributed by atoms with Gasteiger partial charge in [0.2, 0.25) is 5.91 Å². The molecule has 0 bridgehead atoms. The van der Waals surface area contributed by atoms with E-state index >= 15 is 0 Å². The number of hydrogen-bond donors (Lipinski definition) is 1. The monoisotopic (exact) mass is 304 g/mol. The standard InChI is InChI=1S/C15H16N2OS2/c1-8-6-12-7-11(14-9(2)20-15(19)16-14)4-5-13(12)17(8)10(3)18/h4-5,7-8H,6H2,1-3H3,(H,16,19). The van der Waals surface area contributed by atoms with Crippen LogP contribution in [0, 0.1) is 10.9 Å². The minimum absolute atomic E-state index is 0.107. The lowest BCUT2D eigenvalue weighted by atomic mass is 10.0. The van der Waals surface area contributed by atoms with Gasteiger partial charge in [0.1, 0.15) is 0 Å². The highest BCUT2D eigenvalue weighted by Gasteiger charge is 2.29. The van der Waals surface area contributed by atoms with Crippen molar-refractivity contribution in [2.45, 2.75) is 33.2 Å². The van der Waals surface area contributed by atoms with Gasteiger partial charge in [-0.15, -0.1) is 11.3 Å². The van der Waals surface area contributed by atoms with Crippen molar-refractivity contribution in [3.8, 4) is 11.3 Å². The maximum atomic E-state index is 11.7. The second kappa shape index (κ2) is 4.82. The van der Waals surface area contributed by atoms with Crippen molar-refractivity contribution in [1.29, 1.82) is 0 Å². The summed E-state index contributed by atoms with van der Waals surface area (Å²) in [5.41, 5.74) is 4.51. The van der Waals surface area contributed by atoms with Gasteiger partial charge in [-0.3, -0.25) is 4.79 Å². The number of rotatable bonds is 1. The van der Waals surface area contributed by atoms with Gasteiger partial charge >= 0.3 is 0 Å². The Balaban J connectivity index is 2.08. The number of benzene rings is 1. The molecule has 2 aromatic rings. The second-order valence-electron chi connectivity index (χ2n) is 5.23. The van der Waals surface area contributed by atoms with Crippen molar-refractivity contribution in [1.82, 2.24) is 4.98 Å². The minimum atomic E-state index is 0.107. The Morgan fingerprint density at radius 3 is 2.85 bits per heavy atom. The predicted octanol–water partition coefficient (Wildman–Crippen LogP) is 4.08. The summed E-state index contributed by atoms with van der Waals surface area (Å²) >= 11 is 6.80. The lowest BCUT2D eigenvalue weighted by Crippen LogP contribution is -2.33. The SMILES string of the molecule is CC(=O)N1c2ccc(-c3[nH]c(=S)sc3C)cc2CC1C. The maximum absolute atomic E-state index is 11.7. The van der Waals surface area contributed by atoms with Gasteiger partial charge < -0.3 is 9.88 Å². The van der Waals surface area contributed by atoms with Gasteiger partial charge in [0.15, 0.2) is 3.95 Å². The van der Waals surface area contributed by atoms with Crippen LogP contribution in [0.15, 0.2) is 18.2 Å². The van der Waals surface area contributed by atoms with Crippen LogP contribution in [0.4, 0.5) is 5.69 Å².